The molecule has 3 N–H and O–H groups in total. The number of rotatable bonds is 12. The van der Waals surface area contributed by atoms with Crippen LogP contribution in [0.3, 0.4) is 0 Å². The zero-order valence-corrected chi connectivity index (χ0v) is 22.9. The first-order valence-corrected chi connectivity index (χ1v) is 13.9. The number of benzene rings is 2. The molecule has 214 valence electrons. The summed E-state index contributed by atoms with van der Waals surface area (Å²) in [5, 5.41) is 26.4. The molecule has 3 aromatic rings. The van der Waals surface area contributed by atoms with Gasteiger partial charge < -0.3 is 25.2 Å². The van der Waals surface area contributed by atoms with Gasteiger partial charge in [0.2, 0.25) is 6.29 Å². The summed E-state index contributed by atoms with van der Waals surface area (Å²) in [6, 6.07) is 17.7. The lowest BCUT2D eigenvalue weighted by Gasteiger charge is -2.37. The molecule has 5 rings (SSSR count). The number of nitrogens with zero attached hydrogens (tertiary/aromatic N) is 2. The van der Waals surface area contributed by atoms with Crippen molar-refractivity contribution in [2.45, 2.75) is 38.4 Å². The molecule has 0 fully saturated rings. The first kappa shape index (κ1) is 28.3. The summed E-state index contributed by atoms with van der Waals surface area (Å²) in [7, 11) is 0. The maximum atomic E-state index is 13.3. The van der Waals surface area contributed by atoms with E-state index in [1.807, 2.05) is 13.0 Å². The summed E-state index contributed by atoms with van der Waals surface area (Å²) >= 11 is 0. The number of hydrogen-bond acceptors (Lipinski definition) is 8. The van der Waals surface area contributed by atoms with Gasteiger partial charge in [-0.15, -0.1) is 0 Å². The minimum Gasteiger partial charge on any atom is -0.459 e. The van der Waals surface area contributed by atoms with Crippen LogP contribution in [-0.2, 0) is 20.7 Å². The third-order valence-electron chi connectivity index (χ3n) is 7.56. The highest BCUT2D eigenvalue weighted by atomic mass is 16.7. The number of nitrogens with one attached hydrogen (secondary N) is 2. The van der Waals surface area contributed by atoms with Crippen molar-refractivity contribution in [3.8, 4) is 11.1 Å². The van der Waals surface area contributed by atoms with Crippen molar-refractivity contribution in [1.82, 2.24) is 10.3 Å². The molecule has 10 heteroatoms. The smallest absolute Gasteiger partial charge is 0.287 e. The minimum absolute atomic E-state index is 0.0636. The van der Waals surface area contributed by atoms with Crippen molar-refractivity contribution in [1.29, 1.82) is 0 Å². The number of fused-ring (bicyclic) bond motifs is 3. The van der Waals surface area contributed by atoms with E-state index in [2.05, 4.69) is 58.1 Å². The molecule has 41 heavy (non-hydrogen) atoms. The maximum Gasteiger partial charge on any atom is 0.287 e. The van der Waals surface area contributed by atoms with E-state index in [1.54, 1.807) is 0 Å². The van der Waals surface area contributed by atoms with Gasteiger partial charge in [0, 0.05) is 44.2 Å². The Morgan fingerprint density at radius 2 is 1.98 bits per heavy atom. The number of aromatic nitrogens is 1. The normalized spacial score (nSPS) is 19.0. The average Bonchev–Trinajstić information content (AvgIpc) is 3.37. The van der Waals surface area contributed by atoms with Crippen LogP contribution in [0.1, 0.15) is 42.4 Å². The van der Waals surface area contributed by atoms with Gasteiger partial charge >= 0.3 is 0 Å². The Morgan fingerprint density at radius 3 is 2.73 bits per heavy atom. The summed E-state index contributed by atoms with van der Waals surface area (Å²) in [5.41, 5.74) is 6.04. The Hall–Kier alpha value is -4.28. The second-order valence-electron chi connectivity index (χ2n) is 10.1. The molecule has 2 heterocycles. The average molecular weight is 559 g/mol. The van der Waals surface area contributed by atoms with Crippen molar-refractivity contribution < 1.29 is 24.3 Å². The fourth-order valence-electron chi connectivity index (χ4n) is 5.67. The first-order valence-electron chi connectivity index (χ1n) is 13.9. The van der Waals surface area contributed by atoms with Crippen molar-refractivity contribution in [3.05, 3.63) is 99.4 Å². The third-order valence-corrected chi connectivity index (χ3v) is 7.56. The first-order chi connectivity index (χ1) is 20.0. The minimum atomic E-state index is -0.635. The van der Waals surface area contributed by atoms with Crippen LogP contribution >= 0.6 is 0 Å². The standard InChI is InChI=1S/C31H34N4O6/c1-2-40-31-25(11-6-16-36)27(24-10-5-9-23-22-8-4-3-7-20(22)17-26(23)24)18-28(41-31)30(37)33-15-14-32-29-13-12-21(19-34-29)35(38)39/h3-5,7-10,12-13,18-19,25,27,31,36H,2,6,11,14-17H2,1H3,(H,32,34)(H,33,37). The Kier molecular flexibility index (Phi) is 8.91. The van der Waals surface area contributed by atoms with Crippen molar-refractivity contribution >= 4 is 17.4 Å². The fraction of sp³-hybridized carbons (Fsp3) is 0.355. The van der Waals surface area contributed by atoms with Crippen LogP contribution in [0.2, 0.25) is 0 Å². The van der Waals surface area contributed by atoms with Crippen molar-refractivity contribution in [2.24, 2.45) is 5.92 Å². The Balaban J connectivity index is 1.35. The van der Waals surface area contributed by atoms with Gasteiger partial charge in [0.05, 0.1) is 4.92 Å². The molecule has 0 saturated carbocycles. The highest BCUT2D eigenvalue weighted by Gasteiger charge is 2.39. The zero-order chi connectivity index (χ0) is 28.8. The largest absolute Gasteiger partial charge is 0.459 e. The number of allylic oxidation sites excluding steroid dienone is 1. The molecule has 0 spiro atoms. The summed E-state index contributed by atoms with van der Waals surface area (Å²) in [6.45, 7) is 3.03. The molecule has 1 aliphatic heterocycles. The number of carbonyl (C=O) groups excluding carboxylic acids is 1. The van der Waals surface area contributed by atoms with E-state index in [0.717, 1.165) is 12.0 Å². The molecule has 1 aromatic heterocycles. The van der Waals surface area contributed by atoms with Crippen LogP contribution in [0.5, 0.6) is 0 Å². The molecule has 0 saturated heterocycles. The molecule has 0 bridgehead atoms. The lowest BCUT2D eigenvalue weighted by molar-refractivity contribution is -0.385. The number of aliphatic hydroxyl groups excluding tert-OH is 1. The van der Waals surface area contributed by atoms with Crippen molar-refractivity contribution in [3.63, 3.8) is 0 Å². The number of ether oxygens (including phenoxy) is 2. The number of carbonyl (C=O) groups is 1. The Labute approximate surface area is 238 Å². The SMILES string of the molecule is CCOC1OC(C(=O)NCCNc2ccc([N+](=O)[O-])cn2)=CC(c2cccc3c2Cc2ccccc2-3)C1CCCO. The molecule has 3 unspecified atom stereocenters. The van der Waals surface area contributed by atoms with E-state index in [4.69, 9.17) is 9.47 Å². The zero-order valence-electron chi connectivity index (χ0n) is 22.9. The molecule has 2 aromatic carbocycles. The molecular weight excluding hydrogens is 524 g/mol. The third kappa shape index (κ3) is 6.23. The molecule has 2 aliphatic rings. The summed E-state index contributed by atoms with van der Waals surface area (Å²) in [5.74, 6) is 0.105. The fourth-order valence-corrected chi connectivity index (χ4v) is 5.67. The van der Waals surface area contributed by atoms with Gasteiger partial charge in [0.25, 0.3) is 11.6 Å². The molecule has 10 nitrogen and oxygen atoms in total. The molecular formula is C31H34N4O6. The van der Waals surface area contributed by atoms with Crippen molar-refractivity contribution in [2.75, 3.05) is 31.6 Å². The number of amides is 1. The predicted octanol–water partition coefficient (Wildman–Crippen LogP) is 4.54. The van der Waals surface area contributed by atoms with Crippen LogP contribution in [0.15, 0.2) is 72.6 Å². The van der Waals surface area contributed by atoms with Gasteiger partial charge in [0.1, 0.15) is 12.0 Å². The molecule has 1 aliphatic carbocycles. The topological polar surface area (TPSA) is 136 Å². The second kappa shape index (κ2) is 12.9. The monoisotopic (exact) mass is 558 g/mol. The van der Waals surface area contributed by atoms with E-state index in [9.17, 15) is 20.0 Å². The predicted molar refractivity (Wildman–Crippen MR) is 154 cm³/mol. The number of anilines is 1. The van der Waals surface area contributed by atoms with Gasteiger partial charge in [-0.2, -0.15) is 0 Å². The molecule has 0 radical (unpaired) electrons. The Bertz CT molecular complexity index is 1420. The van der Waals surface area contributed by atoms with Crippen LogP contribution in [0, 0.1) is 16.0 Å². The molecule has 1 amide bonds. The lowest BCUT2D eigenvalue weighted by Crippen LogP contribution is -2.40. The van der Waals surface area contributed by atoms with Gasteiger partial charge in [-0.25, -0.2) is 4.98 Å². The van der Waals surface area contributed by atoms with Crippen LogP contribution < -0.4 is 10.6 Å². The van der Waals surface area contributed by atoms with E-state index >= 15 is 0 Å². The summed E-state index contributed by atoms with van der Waals surface area (Å²) in [6.07, 6.45) is 4.55. The number of nitro groups is 1. The van der Waals surface area contributed by atoms with Gasteiger partial charge in [0.15, 0.2) is 5.76 Å². The summed E-state index contributed by atoms with van der Waals surface area (Å²) in [4.78, 5) is 27.6. The highest BCUT2D eigenvalue weighted by molar-refractivity contribution is 5.92. The van der Waals surface area contributed by atoms with E-state index < -0.39 is 11.2 Å². The quantitative estimate of drug-likeness (QED) is 0.131. The lowest BCUT2D eigenvalue weighted by atomic mass is 9.78. The highest BCUT2D eigenvalue weighted by Crippen LogP contribution is 2.45. The molecule has 3 atom stereocenters. The second-order valence-corrected chi connectivity index (χ2v) is 10.1. The van der Waals surface area contributed by atoms with Crippen LogP contribution in [0.25, 0.3) is 11.1 Å². The van der Waals surface area contributed by atoms with E-state index in [0.29, 0.717) is 31.8 Å². The number of hydrogen-bond donors (Lipinski definition) is 3. The van der Waals surface area contributed by atoms with Gasteiger partial charge in [-0.3, -0.25) is 14.9 Å². The van der Waals surface area contributed by atoms with Gasteiger partial charge in [-0.05, 0) is 66.1 Å². The maximum absolute atomic E-state index is 13.3. The van der Waals surface area contributed by atoms with Crippen LogP contribution in [-0.4, -0.2) is 53.5 Å². The summed E-state index contributed by atoms with van der Waals surface area (Å²) < 4.78 is 12.2. The van der Waals surface area contributed by atoms with E-state index in [-0.39, 0.29) is 42.3 Å². The van der Waals surface area contributed by atoms with E-state index in [1.165, 1.54) is 40.6 Å². The van der Waals surface area contributed by atoms with Crippen LogP contribution in [0.4, 0.5) is 11.5 Å². The Morgan fingerprint density at radius 1 is 1.15 bits per heavy atom. The number of aliphatic hydroxyl groups is 1. The number of pyridine rings is 1. The van der Waals surface area contributed by atoms with Gasteiger partial charge in [-0.1, -0.05) is 42.5 Å².